The van der Waals surface area contributed by atoms with Gasteiger partial charge >= 0.3 is 5.76 Å². The second-order valence-corrected chi connectivity index (χ2v) is 4.52. The summed E-state index contributed by atoms with van der Waals surface area (Å²) in [6.45, 7) is 1.95. The minimum absolute atomic E-state index is 0.293. The lowest BCUT2D eigenvalue weighted by Gasteiger charge is -2.06. The fraction of sp³-hybridized carbons (Fsp3) is 0.0667. The zero-order valence-corrected chi connectivity index (χ0v) is 10.8. The molecule has 1 heterocycles. The normalized spacial score (nSPS) is 10.7. The zero-order valence-electron chi connectivity index (χ0n) is 10.8. The van der Waals surface area contributed by atoms with Crippen LogP contribution < -0.4 is 11.1 Å². The number of hydrogen-bond acceptors (Lipinski definition) is 3. The quantitative estimate of drug-likeness (QED) is 0.750. The first-order valence-corrected chi connectivity index (χ1v) is 6.13. The van der Waals surface area contributed by atoms with Crippen LogP contribution in [0.25, 0.3) is 11.1 Å². The molecule has 0 saturated heterocycles. The maximum Gasteiger partial charge on any atom is 0.417 e. The first kappa shape index (κ1) is 12.2. The van der Waals surface area contributed by atoms with Gasteiger partial charge in [-0.05, 0) is 36.8 Å². The summed E-state index contributed by atoms with van der Waals surface area (Å²) in [4.78, 5) is 26.0. The van der Waals surface area contributed by atoms with Crippen LogP contribution in [0, 0.1) is 6.92 Å². The van der Waals surface area contributed by atoms with Crippen molar-refractivity contribution in [3.05, 3.63) is 64.1 Å². The number of para-hydroxylation sites is 1. The van der Waals surface area contributed by atoms with Crippen LogP contribution in [0.15, 0.2) is 51.7 Å². The van der Waals surface area contributed by atoms with Gasteiger partial charge in [-0.25, -0.2) is 4.79 Å². The molecule has 1 amide bonds. The molecule has 5 nitrogen and oxygen atoms in total. The Labute approximate surface area is 114 Å². The first-order valence-electron chi connectivity index (χ1n) is 6.13. The van der Waals surface area contributed by atoms with Crippen molar-refractivity contribution in [3.8, 4) is 0 Å². The largest absolute Gasteiger partial charge is 0.417 e. The highest BCUT2D eigenvalue weighted by Gasteiger charge is 2.13. The molecular weight excluding hydrogens is 256 g/mol. The molecule has 0 radical (unpaired) electrons. The number of aromatic amines is 1. The van der Waals surface area contributed by atoms with Gasteiger partial charge in [0, 0.05) is 5.69 Å². The van der Waals surface area contributed by atoms with Crippen LogP contribution in [-0.2, 0) is 0 Å². The Bertz CT molecular complexity index is 845. The van der Waals surface area contributed by atoms with Crippen molar-refractivity contribution in [3.63, 3.8) is 0 Å². The van der Waals surface area contributed by atoms with E-state index in [1.807, 2.05) is 31.2 Å². The SMILES string of the molecule is Cc1cccc(NC(=O)c2cccc3oc(=O)[nH]c23)c1. The van der Waals surface area contributed by atoms with E-state index in [4.69, 9.17) is 4.42 Å². The number of carbonyl (C=O) groups excluding carboxylic acids is 1. The van der Waals surface area contributed by atoms with Gasteiger partial charge in [-0.2, -0.15) is 0 Å². The maximum atomic E-state index is 12.3. The minimum atomic E-state index is -0.573. The van der Waals surface area contributed by atoms with Gasteiger partial charge in [0.15, 0.2) is 5.58 Å². The average Bonchev–Trinajstić information content (AvgIpc) is 2.78. The van der Waals surface area contributed by atoms with Gasteiger partial charge in [-0.1, -0.05) is 18.2 Å². The highest BCUT2D eigenvalue weighted by atomic mass is 16.4. The Kier molecular flexibility index (Phi) is 2.87. The minimum Gasteiger partial charge on any atom is -0.408 e. The molecule has 100 valence electrons. The second kappa shape index (κ2) is 4.70. The number of benzene rings is 2. The molecule has 0 aliphatic rings. The number of nitrogens with one attached hydrogen (secondary N) is 2. The summed E-state index contributed by atoms with van der Waals surface area (Å²) in [6.07, 6.45) is 0. The third kappa shape index (κ3) is 2.21. The summed E-state index contributed by atoms with van der Waals surface area (Å²) < 4.78 is 4.94. The number of aryl methyl sites for hydroxylation is 1. The molecule has 0 aliphatic heterocycles. The van der Waals surface area contributed by atoms with Crippen LogP contribution in [0.3, 0.4) is 0 Å². The Morgan fingerprint density at radius 1 is 1.20 bits per heavy atom. The Morgan fingerprint density at radius 3 is 2.80 bits per heavy atom. The van der Waals surface area contributed by atoms with Crippen molar-refractivity contribution in [1.82, 2.24) is 4.98 Å². The van der Waals surface area contributed by atoms with E-state index in [0.717, 1.165) is 5.56 Å². The third-order valence-electron chi connectivity index (χ3n) is 2.98. The van der Waals surface area contributed by atoms with Crippen LogP contribution in [-0.4, -0.2) is 10.9 Å². The molecule has 0 unspecified atom stereocenters. The number of carbonyl (C=O) groups is 1. The highest BCUT2D eigenvalue weighted by Crippen LogP contribution is 2.17. The van der Waals surface area contributed by atoms with Gasteiger partial charge in [-0.15, -0.1) is 0 Å². The average molecular weight is 268 g/mol. The highest BCUT2D eigenvalue weighted by molar-refractivity contribution is 6.11. The number of hydrogen-bond donors (Lipinski definition) is 2. The summed E-state index contributed by atoms with van der Waals surface area (Å²) in [7, 11) is 0. The van der Waals surface area contributed by atoms with Crippen LogP contribution in [0.2, 0.25) is 0 Å². The number of aromatic nitrogens is 1. The lowest BCUT2D eigenvalue weighted by molar-refractivity contribution is 0.102. The Balaban J connectivity index is 1.98. The van der Waals surface area contributed by atoms with Crippen LogP contribution in [0.4, 0.5) is 5.69 Å². The second-order valence-electron chi connectivity index (χ2n) is 4.52. The number of fused-ring (bicyclic) bond motifs is 1. The first-order chi connectivity index (χ1) is 9.63. The predicted molar refractivity (Wildman–Crippen MR) is 76.0 cm³/mol. The molecule has 5 heteroatoms. The lowest BCUT2D eigenvalue weighted by atomic mass is 10.1. The van der Waals surface area contributed by atoms with Gasteiger partial charge in [-0.3, -0.25) is 9.78 Å². The topological polar surface area (TPSA) is 75.1 Å². The van der Waals surface area contributed by atoms with Gasteiger partial charge in [0.05, 0.1) is 11.1 Å². The summed E-state index contributed by atoms with van der Waals surface area (Å²) in [6, 6.07) is 12.4. The third-order valence-corrected chi connectivity index (χ3v) is 2.98. The van der Waals surface area contributed by atoms with Crippen molar-refractivity contribution in [1.29, 1.82) is 0 Å². The summed E-state index contributed by atoms with van der Waals surface area (Å²) in [5.74, 6) is -0.867. The zero-order chi connectivity index (χ0) is 14.1. The van der Waals surface area contributed by atoms with E-state index in [0.29, 0.717) is 22.4 Å². The summed E-state index contributed by atoms with van der Waals surface area (Å²) in [5.41, 5.74) is 2.90. The molecule has 1 aromatic heterocycles. The molecule has 3 rings (SSSR count). The smallest absolute Gasteiger partial charge is 0.408 e. The maximum absolute atomic E-state index is 12.3. The Hall–Kier alpha value is -2.82. The van der Waals surface area contributed by atoms with Gasteiger partial charge < -0.3 is 9.73 Å². The molecule has 0 atom stereocenters. The molecule has 2 N–H and O–H groups in total. The summed E-state index contributed by atoms with van der Waals surface area (Å²) in [5, 5.41) is 2.80. The fourth-order valence-corrected chi connectivity index (χ4v) is 2.08. The fourth-order valence-electron chi connectivity index (χ4n) is 2.08. The molecule has 0 aliphatic carbocycles. The van der Waals surface area contributed by atoms with E-state index >= 15 is 0 Å². The van der Waals surface area contributed by atoms with Crippen LogP contribution >= 0.6 is 0 Å². The Morgan fingerprint density at radius 2 is 2.00 bits per heavy atom. The monoisotopic (exact) mass is 268 g/mol. The number of H-pyrrole nitrogens is 1. The molecular formula is C15H12N2O3. The van der Waals surface area contributed by atoms with Crippen molar-refractivity contribution in [2.24, 2.45) is 0 Å². The molecule has 3 aromatic rings. The molecule has 0 saturated carbocycles. The molecule has 0 spiro atoms. The van der Waals surface area contributed by atoms with E-state index in [1.165, 1.54) is 0 Å². The van der Waals surface area contributed by atoms with E-state index in [1.54, 1.807) is 18.2 Å². The lowest BCUT2D eigenvalue weighted by Crippen LogP contribution is -2.12. The van der Waals surface area contributed by atoms with Gasteiger partial charge in [0.2, 0.25) is 0 Å². The molecule has 0 fully saturated rings. The summed E-state index contributed by atoms with van der Waals surface area (Å²) >= 11 is 0. The van der Waals surface area contributed by atoms with Gasteiger partial charge in [0.1, 0.15) is 0 Å². The van der Waals surface area contributed by atoms with E-state index in [2.05, 4.69) is 10.3 Å². The standard InChI is InChI=1S/C15H12N2O3/c1-9-4-2-5-10(8-9)16-14(18)11-6-3-7-12-13(11)17-15(19)20-12/h2-8H,1H3,(H,16,18)(H,17,19). The predicted octanol–water partition coefficient (Wildman–Crippen LogP) is 2.68. The molecule has 2 aromatic carbocycles. The van der Waals surface area contributed by atoms with Crippen molar-refractivity contribution >= 4 is 22.7 Å². The van der Waals surface area contributed by atoms with E-state index < -0.39 is 5.76 Å². The molecule has 0 bridgehead atoms. The van der Waals surface area contributed by atoms with Crippen molar-refractivity contribution in [2.45, 2.75) is 6.92 Å². The number of amides is 1. The van der Waals surface area contributed by atoms with Crippen molar-refractivity contribution in [2.75, 3.05) is 5.32 Å². The number of rotatable bonds is 2. The molecule has 20 heavy (non-hydrogen) atoms. The van der Waals surface area contributed by atoms with E-state index in [9.17, 15) is 9.59 Å². The van der Waals surface area contributed by atoms with Crippen LogP contribution in [0.1, 0.15) is 15.9 Å². The van der Waals surface area contributed by atoms with Gasteiger partial charge in [0.25, 0.3) is 5.91 Å². The number of oxazole rings is 1. The number of anilines is 1. The van der Waals surface area contributed by atoms with E-state index in [-0.39, 0.29) is 5.91 Å². The van der Waals surface area contributed by atoms with Crippen molar-refractivity contribution < 1.29 is 9.21 Å². The van der Waals surface area contributed by atoms with Crippen LogP contribution in [0.5, 0.6) is 0 Å².